The smallest absolute Gasteiger partial charge is 0.161 e. The van der Waals surface area contributed by atoms with Crippen LogP contribution in [-0.2, 0) is 6.42 Å². The lowest BCUT2D eigenvalue weighted by Gasteiger charge is -2.45. The van der Waals surface area contributed by atoms with E-state index in [2.05, 4.69) is 26.1 Å². The van der Waals surface area contributed by atoms with E-state index in [0.29, 0.717) is 6.04 Å². The topological polar surface area (TPSA) is 38.7 Å². The molecule has 0 aliphatic carbocycles. The molecular weight excluding hydrogens is 254 g/mol. The Bertz CT molecular complexity index is 487. The summed E-state index contributed by atoms with van der Waals surface area (Å²) in [6.07, 6.45) is 0.715. The highest BCUT2D eigenvalue weighted by molar-refractivity contribution is 5.48. The van der Waals surface area contributed by atoms with Crippen molar-refractivity contribution in [2.75, 3.05) is 34.4 Å². The van der Waals surface area contributed by atoms with Crippen molar-refractivity contribution in [2.24, 2.45) is 0 Å². The van der Waals surface area contributed by atoms with Gasteiger partial charge in [-0.15, -0.1) is 0 Å². The van der Waals surface area contributed by atoms with Crippen LogP contribution in [0.2, 0.25) is 0 Å². The fourth-order valence-corrected chi connectivity index (χ4v) is 3.30. The van der Waals surface area contributed by atoms with Crippen LogP contribution in [0.5, 0.6) is 11.5 Å². The van der Waals surface area contributed by atoms with Gasteiger partial charge in [0.2, 0.25) is 0 Å². The number of quaternary nitrogens is 1. The third-order valence-electron chi connectivity index (χ3n) is 4.60. The number of nitrogens with zero attached hydrogens (tertiary/aromatic N) is 1. The monoisotopic (exact) mass is 280 g/mol. The lowest BCUT2D eigenvalue weighted by molar-refractivity contribution is -0.942. The second-order valence-electron chi connectivity index (χ2n) is 6.07. The van der Waals surface area contributed by atoms with Crippen LogP contribution in [-0.4, -0.2) is 50.1 Å². The average molecular weight is 280 g/mol. The van der Waals surface area contributed by atoms with Gasteiger partial charge in [-0.1, -0.05) is 0 Å². The van der Waals surface area contributed by atoms with E-state index in [9.17, 15) is 5.11 Å². The van der Waals surface area contributed by atoms with E-state index < -0.39 is 0 Å². The summed E-state index contributed by atoms with van der Waals surface area (Å²) in [7, 11) is 5.56. The van der Waals surface area contributed by atoms with Gasteiger partial charge in [0, 0.05) is 12.0 Å². The summed E-state index contributed by atoms with van der Waals surface area (Å²) in [5.74, 6) is 1.58. The highest BCUT2D eigenvalue weighted by Gasteiger charge is 2.37. The van der Waals surface area contributed by atoms with Crippen molar-refractivity contribution in [1.82, 2.24) is 0 Å². The molecule has 0 saturated carbocycles. The summed E-state index contributed by atoms with van der Waals surface area (Å²) < 4.78 is 11.7. The van der Waals surface area contributed by atoms with Crippen molar-refractivity contribution in [3.8, 4) is 11.5 Å². The first-order valence-electron chi connectivity index (χ1n) is 7.18. The maximum absolute atomic E-state index is 9.76. The number of ether oxygens (including phenoxy) is 2. The van der Waals surface area contributed by atoms with Crippen LogP contribution < -0.4 is 9.47 Å². The van der Waals surface area contributed by atoms with Gasteiger partial charge < -0.3 is 19.1 Å². The minimum absolute atomic E-state index is 0.288. The highest BCUT2D eigenvalue weighted by atomic mass is 16.5. The zero-order chi connectivity index (χ0) is 14.9. The van der Waals surface area contributed by atoms with Gasteiger partial charge in [0.1, 0.15) is 18.7 Å². The first-order valence-corrected chi connectivity index (χ1v) is 7.18. The number of fused-ring (bicyclic) bond motifs is 1. The predicted molar refractivity (Wildman–Crippen MR) is 79.3 cm³/mol. The Morgan fingerprint density at radius 3 is 2.45 bits per heavy atom. The minimum Gasteiger partial charge on any atom is -0.493 e. The van der Waals surface area contributed by atoms with E-state index in [1.807, 2.05) is 6.92 Å². The summed E-state index contributed by atoms with van der Waals surface area (Å²) >= 11 is 0. The summed E-state index contributed by atoms with van der Waals surface area (Å²) in [6.45, 7) is 5.90. The number of methoxy groups -OCH3 is 2. The molecule has 0 amide bonds. The molecule has 3 atom stereocenters. The van der Waals surface area contributed by atoms with Gasteiger partial charge in [0.25, 0.3) is 0 Å². The first-order chi connectivity index (χ1) is 9.41. The van der Waals surface area contributed by atoms with Crippen LogP contribution >= 0.6 is 0 Å². The zero-order valence-electron chi connectivity index (χ0n) is 13.1. The molecule has 0 radical (unpaired) electrons. The number of aliphatic hydroxyl groups is 1. The van der Waals surface area contributed by atoms with Gasteiger partial charge in [-0.05, 0) is 31.5 Å². The summed E-state index contributed by atoms with van der Waals surface area (Å²) in [5.41, 5.74) is 2.63. The Hall–Kier alpha value is -1.26. The van der Waals surface area contributed by atoms with E-state index >= 15 is 0 Å². The quantitative estimate of drug-likeness (QED) is 0.859. The molecular formula is C16H26NO3+. The Balaban J connectivity index is 2.41. The van der Waals surface area contributed by atoms with E-state index in [-0.39, 0.29) is 6.10 Å². The standard InChI is InChI=1S/C16H26NO3/c1-11(18)10-17(3)7-6-13-8-15(19-4)16(20-5)9-14(13)12(17)2/h8-9,11-12,18H,6-7,10H2,1-5H3/q+1. The van der Waals surface area contributed by atoms with Crippen LogP contribution in [0.15, 0.2) is 12.1 Å². The molecule has 2 rings (SSSR count). The molecule has 20 heavy (non-hydrogen) atoms. The molecule has 0 saturated heterocycles. The number of likely N-dealkylation sites (N-methyl/N-ethyl adjacent to an activating group) is 1. The molecule has 4 nitrogen and oxygen atoms in total. The molecule has 1 aromatic rings. The van der Waals surface area contributed by atoms with E-state index in [1.165, 1.54) is 11.1 Å². The molecule has 1 aliphatic heterocycles. The SMILES string of the molecule is COc1cc2c(cc1OC)C(C)[N+](C)(CC(C)O)CC2. The summed E-state index contributed by atoms with van der Waals surface area (Å²) in [6, 6.07) is 4.53. The lowest BCUT2D eigenvalue weighted by Crippen LogP contribution is -2.53. The molecule has 1 aromatic carbocycles. The number of hydrogen-bond donors (Lipinski definition) is 1. The summed E-state index contributed by atoms with van der Waals surface area (Å²) in [4.78, 5) is 0. The van der Waals surface area contributed by atoms with E-state index in [4.69, 9.17) is 9.47 Å². The minimum atomic E-state index is -0.288. The molecule has 0 spiro atoms. The first kappa shape index (κ1) is 15.1. The van der Waals surface area contributed by atoms with E-state index in [1.54, 1.807) is 14.2 Å². The molecule has 0 fully saturated rings. The molecule has 3 unspecified atom stereocenters. The Kier molecular flexibility index (Phi) is 4.25. The zero-order valence-corrected chi connectivity index (χ0v) is 13.1. The molecule has 0 bridgehead atoms. The second-order valence-corrected chi connectivity index (χ2v) is 6.07. The Morgan fingerprint density at radius 2 is 1.90 bits per heavy atom. The second kappa shape index (κ2) is 5.62. The maximum atomic E-state index is 9.76. The van der Waals surface area contributed by atoms with Crippen LogP contribution in [0.25, 0.3) is 0 Å². The van der Waals surface area contributed by atoms with Gasteiger partial charge in [-0.3, -0.25) is 0 Å². The predicted octanol–water partition coefficient (Wildman–Crippen LogP) is 2.15. The van der Waals surface area contributed by atoms with Crippen LogP contribution in [0, 0.1) is 0 Å². The van der Waals surface area contributed by atoms with Gasteiger partial charge in [-0.25, -0.2) is 0 Å². The van der Waals surface area contributed by atoms with E-state index in [0.717, 1.165) is 35.5 Å². The normalized spacial score (nSPS) is 26.8. The third-order valence-corrected chi connectivity index (χ3v) is 4.60. The molecule has 1 N–H and O–H groups in total. The molecule has 1 heterocycles. The van der Waals surface area contributed by atoms with Crippen LogP contribution in [0.1, 0.15) is 31.0 Å². The van der Waals surface area contributed by atoms with Crippen molar-refractivity contribution >= 4 is 0 Å². The molecule has 112 valence electrons. The van der Waals surface area contributed by atoms with Gasteiger partial charge in [-0.2, -0.15) is 0 Å². The van der Waals surface area contributed by atoms with Crippen molar-refractivity contribution in [2.45, 2.75) is 32.4 Å². The number of rotatable bonds is 4. The third kappa shape index (κ3) is 2.63. The fourth-order valence-electron chi connectivity index (χ4n) is 3.30. The maximum Gasteiger partial charge on any atom is 0.161 e. The Morgan fingerprint density at radius 1 is 1.30 bits per heavy atom. The largest absolute Gasteiger partial charge is 0.493 e. The van der Waals surface area contributed by atoms with Crippen molar-refractivity contribution in [3.63, 3.8) is 0 Å². The van der Waals surface area contributed by atoms with Crippen molar-refractivity contribution < 1.29 is 19.1 Å². The van der Waals surface area contributed by atoms with Gasteiger partial charge in [0.05, 0.1) is 27.8 Å². The summed E-state index contributed by atoms with van der Waals surface area (Å²) in [5, 5.41) is 9.76. The van der Waals surface area contributed by atoms with Crippen molar-refractivity contribution in [3.05, 3.63) is 23.3 Å². The van der Waals surface area contributed by atoms with Crippen LogP contribution in [0.4, 0.5) is 0 Å². The molecule has 4 heteroatoms. The van der Waals surface area contributed by atoms with Gasteiger partial charge >= 0.3 is 0 Å². The average Bonchev–Trinajstić information content (AvgIpc) is 2.41. The lowest BCUT2D eigenvalue weighted by atomic mass is 9.90. The molecule has 0 aromatic heterocycles. The molecule has 1 aliphatic rings. The van der Waals surface area contributed by atoms with Gasteiger partial charge in [0.15, 0.2) is 11.5 Å². The van der Waals surface area contributed by atoms with Crippen molar-refractivity contribution in [1.29, 1.82) is 0 Å². The highest BCUT2D eigenvalue weighted by Crippen LogP contribution is 2.40. The number of hydrogen-bond acceptors (Lipinski definition) is 3. The van der Waals surface area contributed by atoms with Crippen LogP contribution in [0.3, 0.4) is 0 Å². The number of aliphatic hydroxyl groups excluding tert-OH is 1. The Labute approximate surface area is 121 Å². The fraction of sp³-hybridized carbons (Fsp3) is 0.625. The number of benzene rings is 1.